The molecule has 2 heterocycles. The number of nitrogens with zero attached hydrogens (tertiary/aromatic N) is 3. The molecular formula is C12H14N4O2S. The van der Waals surface area contributed by atoms with Gasteiger partial charge in [-0.2, -0.15) is 5.10 Å². The first-order valence-corrected chi connectivity index (χ1v) is 7.32. The maximum atomic E-state index is 12.6. The minimum atomic E-state index is -3.55. The van der Waals surface area contributed by atoms with E-state index in [0.29, 0.717) is 24.3 Å². The van der Waals surface area contributed by atoms with E-state index in [9.17, 15) is 8.42 Å². The van der Waals surface area contributed by atoms with Crippen molar-refractivity contribution in [2.75, 3.05) is 16.6 Å². The molecule has 1 aliphatic heterocycles. The largest absolute Gasteiger partial charge is 0.399 e. The molecule has 7 heteroatoms. The van der Waals surface area contributed by atoms with Crippen molar-refractivity contribution in [2.45, 2.75) is 11.3 Å². The normalized spacial score (nSPS) is 14.7. The van der Waals surface area contributed by atoms with Crippen molar-refractivity contribution in [1.29, 1.82) is 0 Å². The molecule has 2 aromatic rings. The van der Waals surface area contributed by atoms with Crippen LogP contribution in [0.2, 0.25) is 0 Å². The van der Waals surface area contributed by atoms with Crippen molar-refractivity contribution in [3.05, 3.63) is 36.2 Å². The lowest BCUT2D eigenvalue weighted by Gasteiger charge is -2.18. The highest BCUT2D eigenvalue weighted by Crippen LogP contribution is 2.34. The van der Waals surface area contributed by atoms with Gasteiger partial charge in [0.25, 0.3) is 10.0 Å². The SMILES string of the molecule is Cn1cc(S(=O)(=O)N2CCc3ccc(N)cc32)cn1. The van der Waals surface area contributed by atoms with E-state index in [1.54, 1.807) is 19.2 Å². The van der Waals surface area contributed by atoms with Gasteiger partial charge in [-0.05, 0) is 24.1 Å². The summed E-state index contributed by atoms with van der Waals surface area (Å²) < 4.78 is 28.0. The van der Waals surface area contributed by atoms with Gasteiger partial charge in [-0.25, -0.2) is 8.42 Å². The van der Waals surface area contributed by atoms with E-state index in [1.165, 1.54) is 21.4 Å². The molecule has 0 bridgehead atoms. The van der Waals surface area contributed by atoms with Crippen LogP contribution in [0.3, 0.4) is 0 Å². The predicted molar refractivity (Wildman–Crippen MR) is 72.3 cm³/mol. The average molecular weight is 278 g/mol. The Labute approximate surface area is 111 Å². The van der Waals surface area contributed by atoms with Gasteiger partial charge in [0.2, 0.25) is 0 Å². The van der Waals surface area contributed by atoms with Crippen LogP contribution in [0, 0.1) is 0 Å². The maximum absolute atomic E-state index is 12.6. The van der Waals surface area contributed by atoms with E-state index in [-0.39, 0.29) is 4.90 Å². The van der Waals surface area contributed by atoms with Gasteiger partial charge >= 0.3 is 0 Å². The van der Waals surface area contributed by atoms with Gasteiger partial charge in [0, 0.05) is 25.5 Å². The lowest BCUT2D eigenvalue weighted by Crippen LogP contribution is -2.28. The Balaban J connectivity index is 2.08. The van der Waals surface area contributed by atoms with Crippen molar-refractivity contribution in [3.8, 4) is 0 Å². The molecule has 0 spiro atoms. The molecule has 1 aromatic carbocycles. The number of rotatable bonds is 2. The van der Waals surface area contributed by atoms with Gasteiger partial charge in [0.05, 0.1) is 11.9 Å². The van der Waals surface area contributed by atoms with E-state index >= 15 is 0 Å². The van der Waals surface area contributed by atoms with Crippen molar-refractivity contribution < 1.29 is 8.42 Å². The van der Waals surface area contributed by atoms with E-state index in [2.05, 4.69) is 5.10 Å². The summed E-state index contributed by atoms with van der Waals surface area (Å²) in [6.45, 7) is 0.440. The smallest absolute Gasteiger partial charge is 0.267 e. The Hall–Kier alpha value is -2.02. The number of fused-ring (bicyclic) bond motifs is 1. The fourth-order valence-electron chi connectivity index (χ4n) is 2.28. The number of anilines is 2. The van der Waals surface area contributed by atoms with Crippen LogP contribution in [-0.2, 0) is 23.5 Å². The molecule has 0 fully saturated rings. The minimum Gasteiger partial charge on any atom is -0.399 e. The van der Waals surface area contributed by atoms with Crippen LogP contribution in [0.4, 0.5) is 11.4 Å². The van der Waals surface area contributed by atoms with Crippen LogP contribution >= 0.6 is 0 Å². The summed E-state index contributed by atoms with van der Waals surface area (Å²) in [6, 6.07) is 5.37. The molecule has 0 atom stereocenters. The van der Waals surface area contributed by atoms with E-state index < -0.39 is 10.0 Å². The van der Waals surface area contributed by atoms with Crippen LogP contribution in [0.1, 0.15) is 5.56 Å². The Morgan fingerprint density at radius 3 is 2.84 bits per heavy atom. The number of sulfonamides is 1. The molecule has 0 radical (unpaired) electrons. The molecule has 0 saturated heterocycles. The van der Waals surface area contributed by atoms with E-state index in [0.717, 1.165) is 5.56 Å². The Bertz CT molecular complexity index is 736. The summed E-state index contributed by atoms with van der Waals surface area (Å²) in [5.41, 5.74) is 7.98. The lowest BCUT2D eigenvalue weighted by atomic mass is 10.1. The zero-order chi connectivity index (χ0) is 13.6. The minimum absolute atomic E-state index is 0.199. The zero-order valence-electron chi connectivity index (χ0n) is 10.4. The van der Waals surface area contributed by atoms with Gasteiger partial charge in [-0.15, -0.1) is 0 Å². The first kappa shape index (κ1) is 12.0. The van der Waals surface area contributed by atoms with Gasteiger partial charge in [0.15, 0.2) is 0 Å². The quantitative estimate of drug-likeness (QED) is 0.822. The number of nitrogens with two attached hydrogens (primary N) is 1. The molecule has 1 aliphatic rings. The van der Waals surface area contributed by atoms with Crippen LogP contribution in [0.15, 0.2) is 35.5 Å². The van der Waals surface area contributed by atoms with E-state index in [4.69, 9.17) is 5.73 Å². The van der Waals surface area contributed by atoms with Gasteiger partial charge in [-0.1, -0.05) is 6.07 Å². The lowest BCUT2D eigenvalue weighted by molar-refractivity contribution is 0.592. The molecular weight excluding hydrogens is 264 g/mol. The maximum Gasteiger partial charge on any atom is 0.267 e. The Kier molecular flexibility index (Phi) is 2.53. The molecule has 0 aliphatic carbocycles. The first-order chi connectivity index (χ1) is 8.98. The molecule has 19 heavy (non-hydrogen) atoms. The average Bonchev–Trinajstić information content (AvgIpc) is 2.95. The first-order valence-electron chi connectivity index (χ1n) is 5.88. The molecule has 6 nitrogen and oxygen atoms in total. The number of nitrogen functional groups attached to an aromatic ring is 1. The summed E-state index contributed by atoms with van der Waals surface area (Å²) in [6.07, 6.45) is 3.56. The fourth-order valence-corrected chi connectivity index (χ4v) is 3.76. The molecule has 0 unspecified atom stereocenters. The third kappa shape index (κ3) is 1.86. The summed E-state index contributed by atoms with van der Waals surface area (Å²) in [4.78, 5) is 0.199. The topological polar surface area (TPSA) is 81.2 Å². The van der Waals surface area contributed by atoms with Gasteiger partial charge < -0.3 is 5.73 Å². The summed E-state index contributed by atoms with van der Waals surface area (Å²) in [7, 11) is -1.86. The van der Waals surface area contributed by atoms with Crippen LogP contribution < -0.4 is 10.0 Å². The van der Waals surface area contributed by atoms with Crippen molar-refractivity contribution in [1.82, 2.24) is 9.78 Å². The molecule has 2 N–H and O–H groups in total. The predicted octanol–water partition coefficient (Wildman–Crippen LogP) is 0.754. The molecule has 0 saturated carbocycles. The number of aryl methyl sites for hydroxylation is 1. The van der Waals surface area contributed by atoms with Crippen molar-refractivity contribution in [3.63, 3.8) is 0 Å². The van der Waals surface area contributed by atoms with Crippen LogP contribution in [-0.4, -0.2) is 24.7 Å². The second-order valence-electron chi connectivity index (χ2n) is 4.57. The van der Waals surface area contributed by atoms with E-state index in [1.807, 2.05) is 6.07 Å². The summed E-state index contributed by atoms with van der Waals surface area (Å²) in [5, 5.41) is 3.91. The summed E-state index contributed by atoms with van der Waals surface area (Å²) in [5.74, 6) is 0. The second kappa shape index (κ2) is 3.99. The third-order valence-corrected chi connectivity index (χ3v) is 5.00. The number of hydrogen-bond donors (Lipinski definition) is 1. The standard InChI is InChI=1S/C12H14N4O2S/c1-15-8-11(7-14-15)19(17,18)16-5-4-9-2-3-10(13)6-12(9)16/h2-3,6-8H,4-5,13H2,1H3. The van der Waals surface area contributed by atoms with Crippen LogP contribution in [0.25, 0.3) is 0 Å². The fraction of sp³-hybridized carbons (Fsp3) is 0.250. The number of hydrogen-bond acceptors (Lipinski definition) is 4. The molecule has 3 rings (SSSR count). The molecule has 100 valence electrons. The highest BCUT2D eigenvalue weighted by atomic mass is 32.2. The Morgan fingerprint density at radius 2 is 2.16 bits per heavy atom. The van der Waals surface area contributed by atoms with Gasteiger partial charge in [0.1, 0.15) is 4.90 Å². The van der Waals surface area contributed by atoms with Crippen molar-refractivity contribution in [2.24, 2.45) is 7.05 Å². The second-order valence-corrected chi connectivity index (χ2v) is 6.43. The highest BCUT2D eigenvalue weighted by molar-refractivity contribution is 7.92. The Morgan fingerprint density at radius 1 is 1.37 bits per heavy atom. The number of benzene rings is 1. The highest BCUT2D eigenvalue weighted by Gasteiger charge is 2.31. The molecule has 1 aromatic heterocycles. The monoisotopic (exact) mass is 278 g/mol. The van der Waals surface area contributed by atoms with Crippen LogP contribution in [0.5, 0.6) is 0 Å². The number of aromatic nitrogens is 2. The summed E-state index contributed by atoms with van der Waals surface area (Å²) >= 11 is 0. The molecule has 0 amide bonds. The van der Waals surface area contributed by atoms with Gasteiger partial charge in [-0.3, -0.25) is 8.99 Å². The third-order valence-electron chi connectivity index (χ3n) is 3.23. The zero-order valence-corrected chi connectivity index (χ0v) is 11.3. The van der Waals surface area contributed by atoms with Crippen molar-refractivity contribution >= 4 is 21.4 Å².